The molecular formula is C15H23NO2. The van der Waals surface area contributed by atoms with Gasteiger partial charge in [0.25, 0.3) is 0 Å². The molecule has 0 fully saturated rings. The molecule has 0 aliphatic rings. The first kappa shape index (κ1) is 14.6. The second kappa shape index (κ2) is 6.43. The summed E-state index contributed by atoms with van der Waals surface area (Å²) in [6.07, 6.45) is 2.68. The van der Waals surface area contributed by atoms with E-state index in [9.17, 15) is 4.79 Å². The first-order valence-corrected chi connectivity index (χ1v) is 6.43. The van der Waals surface area contributed by atoms with E-state index in [1.807, 2.05) is 18.2 Å². The minimum Gasteiger partial charge on any atom is -0.481 e. The zero-order valence-corrected chi connectivity index (χ0v) is 11.5. The molecule has 1 N–H and O–H groups in total. The highest BCUT2D eigenvalue weighted by atomic mass is 16.4. The lowest BCUT2D eigenvalue weighted by molar-refractivity contribution is -0.147. The summed E-state index contributed by atoms with van der Waals surface area (Å²) < 4.78 is 0. The van der Waals surface area contributed by atoms with Gasteiger partial charge in [0.2, 0.25) is 0 Å². The Morgan fingerprint density at radius 3 is 2.39 bits per heavy atom. The summed E-state index contributed by atoms with van der Waals surface area (Å²) in [6.45, 7) is 4.53. The van der Waals surface area contributed by atoms with Crippen LogP contribution in [0, 0.1) is 5.41 Å². The number of anilines is 1. The van der Waals surface area contributed by atoms with Gasteiger partial charge in [-0.2, -0.15) is 0 Å². The molecule has 1 aromatic rings. The number of hydrogen-bond acceptors (Lipinski definition) is 2. The van der Waals surface area contributed by atoms with Gasteiger partial charge in [0.15, 0.2) is 0 Å². The molecule has 0 atom stereocenters. The van der Waals surface area contributed by atoms with Gasteiger partial charge in [0.05, 0.1) is 5.41 Å². The maximum Gasteiger partial charge on any atom is 0.309 e. The Bertz CT molecular complexity index is 373. The van der Waals surface area contributed by atoms with Gasteiger partial charge in [0, 0.05) is 19.3 Å². The maximum atomic E-state index is 11.0. The Morgan fingerprint density at radius 2 is 1.83 bits per heavy atom. The standard InChI is InChI=1S/C15H23NO2/c1-15(2,14(17)18)11-7-8-12-16(3)13-9-5-4-6-10-13/h4-6,9-10H,7-8,11-12H2,1-3H3,(H,17,18). The van der Waals surface area contributed by atoms with Gasteiger partial charge in [-0.3, -0.25) is 4.79 Å². The molecule has 0 saturated carbocycles. The SMILES string of the molecule is CN(CCCCC(C)(C)C(=O)O)c1ccccc1. The van der Waals surface area contributed by atoms with Crippen LogP contribution in [0.2, 0.25) is 0 Å². The minimum atomic E-state index is -0.709. The van der Waals surface area contributed by atoms with Crippen molar-refractivity contribution in [1.29, 1.82) is 0 Å². The van der Waals surface area contributed by atoms with Crippen LogP contribution in [0.25, 0.3) is 0 Å². The van der Waals surface area contributed by atoms with Gasteiger partial charge in [-0.25, -0.2) is 0 Å². The number of carbonyl (C=O) groups is 1. The third-order valence-electron chi connectivity index (χ3n) is 3.32. The van der Waals surface area contributed by atoms with Gasteiger partial charge < -0.3 is 10.0 Å². The lowest BCUT2D eigenvalue weighted by Gasteiger charge is -2.21. The summed E-state index contributed by atoms with van der Waals surface area (Å²) >= 11 is 0. The van der Waals surface area contributed by atoms with E-state index in [1.165, 1.54) is 5.69 Å². The summed E-state index contributed by atoms with van der Waals surface area (Å²) in [7, 11) is 2.07. The lowest BCUT2D eigenvalue weighted by Crippen LogP contribution is -2.24. The largest absolute Gasteiger partial charge is 0.481 e. The number of benzene rings is 1. The zero-order valence-electron chi connectivity index (χ0n) is 11.5. The van der Waals surface area contributed by atoms with Crippen molar-refractivity contribution in [1.82, 2.24) is 0 Å². The number of nitrogens with zero attached hydrogens (tertiary/aromatic N) is 1. The van der Waals surface area contributed by atoms with Gasteiger partial charge in [0.1, 0.15) is 0 Å². The average Bonchev–Trinajstić information content (AvgIpc) is 2.35. The van der Waals surface area contributed by atoms with Crippen LogP contribution in [0.3, 0.4) is 0 Å². The van der Waals surface area contributed by atoms with Crippen molar-refractivity contribution < 1.29 is 9.90 Å². The van der Waals surface area contributed by atoms with Gasteiger partial charge in [-0.1, -0.05) is 24.6 Å². The molecular weight excluding hydrogens is 226 g/mol. The zero-order chi connectivity index (χ0) is 13.6. The fraction of sp³-hybridized carbons (Fsp3) is 0.533. The van der Waals surface area contributed by atoms with Gasteiger partial charge >= 0.3 is 5.97 Å². The Balaban J connectivity index is 2.29. The number of para-hydroxylation sites is 1. The van der Waals surface area contributed by atoms with Crippen LogP contribution < -0.4 is 4.90 Å². The summed E-state index contributed by atoms with van der Waals surface area (Å²) in [6, 6.07) is 10.2. The molecule has 0 aliphatic heterocycles. The van der Waals surface area contributed by atoms with E-state index in [2.05, 4.69) is 24.1 Å². The number of carboxylic acids is 1. The normalized spacial score (nSPS) is 11.3. The Morgan fingerprint density at radius 1 is 1.22 bits per heavy atom. The van der Waals surface area contributed by atoms with E-state index in [-0.39, 0.29) is 0 Å². The molecule has 100 valence electrons. The summed E-state index contributed by atoms with van der Waals surface area (Å²) in [5.74, 6) is -0.709. The number of rotatable bonds is 7. The number of unbranched alkanes of at least 4 members (excludes halogenated alkanes) is 1. The Hall–Kier alpha value is -1.51. The molecule has 0 radical (unpaired) electrons. The lowest BCUT2D eigenvalue weighted by atomic mass is 9.87. The third-order valence-corrected chi connectivity index (χ3v) is 3.32. The highest BCUT2D eigenvalue weighted by Crippen LogP contribution is 2.23. The molecule has 0 aliphatic carbocycles. The molecule has 18 heavy (non-hydrogen) atoms. The first-order chi connectivity index (χ1) is 8.43. The van der Waals surface area contributed by atoms with Crippen LogP contribution in [-0.4, -0.2) is 24.7 Å². The van der Waals surface area contributed by atoms with Crippen LogP contribution in [-0.2, 0) is 4.79 Å². The van der Waals surface area contributed by atoms with Crippen LogP contribution in [0.1, 0.15) is 33.1 Å². The third kappa shape index (κ3) is 4.40. The molecule has 3 nitrogen and oxygen atoms in total. The first-order valence-electron chi connectivity index (χ1n) is 6.43. The highest BCUT2D eigenvalue weighted by Gasteiger charge is 2.25. The van der Waals surface area contributed by atoms with E-state index in [0.29, 0.717) is 0 Å². The predicted octanol–water partition coefficient (Wildman–Crippen LogP) is 3.40. The maximum absolute atomic E-state index is 11.0. The minimum absolute atomic E-state index is 0.606. The summed E-state index contributed by atoms with van der Waals surface area (Å²) in [4.78, 5) is 13.2. The van der Waals surface area contributed by atoms with Crippen molar-refractivity contribution in [3.63, 3.8) is 0 Å². The molecule has 0 saturated heterocycles. The highest BCUT2D eigenvalue weighted by molar-refractivity contribution is 5.73. The van der Waals surface area contributed by atoms with E-state index < -0.39 is 11.4 Å². The molecule has 0 heterocycles. The molecule has 0 spiro atoms. The molecule has 1 aromatic carbocycles. The second-order valence-corrected chi connectivity index (χ2v) is 5.40. The fourth-order valence-electron chi connectivity index (χ4n) is 1.83. The summed E-state index contributed by atoms with van der Waals surface area (Å²) in [5.41, 5.74) is 0.598. The molecule has 0 bridgehead atoms. The van der Waals surface area contributed by atoms with E-state index in [1.54, 1.807) is 13.8 Å². The number of hydrogen-bond donors (Lipinski definition) is 1. The van der Waals surface area contributed by atoms with Crippen molar-refractivity contribution >= 4 is 11.7 Å². The smallest absolute Gasteiger partial charge is 0.309 e. The van der Waals surface area contributed by atoms with E-state index >= 15 is 0 Å². The monoisotopic (exact) mass is 249 g/mol. The topological polar surface area (TPSA) is 40.5 Å². The van der Waals surface area contributed by atoms with Crippen molar-refractivity contribution in [3.05, 3.63) is 30.3 Å². The average molecular weight is 249 g/mol. The van der Waals surface area contributed by atoms with Crippen LogP contribution in [0.4, 0.5) is 5.69 Å². The van der Waals surface area contributed by atoms with Gasteiger partial charge in [-0.05, 0) is 38.8 Å². The molecule has 0 amide bonds. The van der Waals surface area contributed by atoms with Crippen molar-refractivity contribution in [2.75, 3.05) is 18.5 Å². The number of aliphatic carboxylic acids is 1. The van der Waals surface area contributed by atoms with Crippen LogP contribution in [0.5, 0.6) is 0 Å². The van der Waals surface area contributed by atoms with Crippen molar-refractivity contribution in [2.24, 2.45) is 5.41 Å². The molecule has 0 aromatic heterocycles. The van der Waals surface area contributed by atoms with E-state index in [0.717, 1.165) is 25.8 Å². The van der Waals surface area contributed by atoms with Gasteiger partial charge in [-0.15, -0.1) is 0 Å². The Labute approximate surface area is 109 Å². The predicted molar refractivity (Wildman–Crippen MR) is 75.0 cm³/mol. The number of carboxylic acid groups (broad SMARTS) is 1. The van der Waals surface area contributed by atoms with Crippen LogP contribution >= 0.6 is 0 Å². The molecule has 1 rings (SSSR count). The van der Waals surface area contributed by atoms with E-state index in [4.69, 9.17) is 5.11 Å². The van der Waals surface area contributed by atoms with Crippen LogP contribution in [0.15, 0.2) is 30.3 Å². The summed E-state index contributed by atoms with van der Waals surface area (Å²) in [5, 5.41) is 9.02. The molecule has 3 heteroatoms. The second-order valence-electron chi connectivity index (χ2n) is 5.40. The van der Waals surface area contributed by atoms with Crippen molar-refractivity contribution in [3.8, 4) is 0 Å². The van der Waals surface area contributed by atoms with Crippen molar-refractivity contribution in [2.45, 2.75) is 33.1 Å². The fourth-order valence-corrected chi connectivity index (χ4v) is 1.83. The quantitative estimate of drug-likeness (QED) is 0.753. The molecule has 0 unspecified atom stereocenters. The Kier molecular flexibility index (Phi) is 5.20.